The number of aliphatic hydroxyl groups excluding tert-OH is 3. The molecule has 0 radical (unpaired) electrons. The maximum atomic E-state index is 11.6. The number of ether oxygens (including phenoxy) is 5. The normalized spacial score (nSPS) is 25.7. The third kappa shape index (κ3) is 6.53. The summed E-state index contributed by atoms with van der Waals surface area (Å²) in [6.07, 6.45) is -5.11. The first-order chi connectivity index (χ1) is 17.7. The van der Waals surface area contributed by atoms with E-state index in [-0.39, 0.29) is 18.5 Å². The summed E-state index contributed by atoms with van der Waals surface area (Å²) in [6, 6.07) is 7.90. The Hall–Kier alpha value is -2.86. The lowest BCUT2D eigenvalue weighted by molar-refractivity contribution is -0.278. The number of carbonyl (C=O) groups is 1. The molecule has 37 heavy (non-hydrogen) atoms. The van der Waals surface area contributed by atoms with Crippen LogP contribution >= 0.6 is 0 Å². The van der Waals surface area contributed by atoms with Crippen molar-refractivity contribution in [1.82, 2.24) is 9.78 Å². The predicted molar refractivity (Wildman–Crippen MR) is 131 cm³/mol. The Labute approximate surface area is 215 Å². The van der Waals surface area contributed by atoms with Crippen LogP contribution in [0.3, 0.4) is 0 Å². The zero-order valence-corrected chi connectivity index (χ0v) is 21.6. The lowest BCUT2D eigenvalue weighted by Crippen LogP contribution is -2.60. The molecule has 0 spiro atoms. The van der Waals surface area contributed by atoms with Crippen molar-refractivity contribution in [2.45, 2.75) is 89.8 Å². The van der Waals surface area contributed by atoms with Crippen LogP contribution in [0.25, 0.3) is 0 Å². The fourth-order valence-electron chi connectivity index (χ4n) is 4.17. The predicted octanol–water partition coefficient (Wildman–Crippen LogP) is 2.26. The highest BCUT2D eigenvalue weighted by molar-refractivity contribution is 5.59. The molecule has 0 bridgehead atoms. The van der Waals surface area contributed by atoms with E-state index in [9.17, 15) is 20.1 Å². The molecule has 1 saturated carbocycles. The molecule has 1 aromatic carbocycles. The number of carbonyl (C=O) groups excluding carboxylic acids is 1. The van der Waals surface area contributed by atoms with Crippen molar-refractivity contribution in [3.63, 3.8) is 0 Å². The topological polar surface area (TPSA) is 142 Å². The van der Waals surface area contributed by atoms with Crippen LogP contribution in [-0.2, 0) is 20.6 Å². The van der Waals surface area contributed by atoms with E-state index >= 15 is 0 Å². The van der Waals surface area contributed by atoms with Gasteiger partial charge in [-0.1, -0.05) is 12.1 Å². The molecule has 2 aliphatic rings. The van der Waals surface area contributed by atoms with E-state index in [4.69, 9.17) is 23.7 Å². The number of nitrogens with zero attached hydrogens (tertiary/aromatic N) is 2. The SMILES string of the molecule is CCOC(=O)OC[C@H]1O[C@@H](Oc2nn(C(C)C)c(C)c2Cc2ccc(OC3CC3)cc2)[C@H](O)[C@@H](O)[C@@H]1O. The molecule has 5 atom stereocenters. The van der Waals surface area contributed by atoms with Crippen LogP contribution in [0.4, 0.5) is 4.79 Å². The minimum absolute atomic E-state index is 0.0424. The molecule has 2 fully saturated rings. The molecule has 2 aromatic rings. The summed E-state index contributed by atoms with van der Waals surface area (Å²) in [7, 11) is 0. The fraction of sp³-hybridized carbons (Fsp3) is 0.615. The Morgan fingerprint density at radius 2 is 1.78 bits per heavy atom. The smallest absolute Gasteiger partial charge is 0.490 e. The molecule has 0 amide bonds. The lowest BCUT2D eigenvalue weighted by Gasteiger charge is -2.39. The van der Waals surface area contributed by atoms with Crippen molar-refractivity contribution in [2.75, 3.05) is 13.2 Å². The van der Waals surface area contributed by atoms with Crippen molar-refractivity contribution >= 4 is 6.16 Å². The first kappa shape index (κ1) is 27.2. The van der Waals surface area contributed by atoms with Crippen molar-refractivity contribution in [3.05, 3.63) is 41.1 Å². The molecule has 1 aliphatic heterocycles. The van der Waals surface area contributed by atoms with Crippen molar-refractivity contribution in [1.29, 1.82) is 0 Å². The Morgan fingerprint density at radius 3 is 2.41 bits per heavy atom. The summed E-state index contributed by atoms with van der Waals surface area (Å²) >= 11 is 0. The molecule has 11 heteroatoms. The molecule has 1 aliphatic carbocycles. The summed E-state index contributed by atoms with van der Waals surface area (Å²) in [5, 5.41) is 35.9. The Bertz CT molecular complexity index is 1050. The summed E-state index contributed by atoms with van der Waals surface area (Å²) in [5.74, 6) is 1.07. The van der Waals surface area contributed by atoms with Gasteiger partial charge in [-0.15, -0.1) is 5.10 Å². The second-order valence-corrected chi connectivity index (χ2v) is 9.67. The molecule has 3 N–H and O–H groups in total. The number of aromatic nitrogens is 2. The van der Waals surface area contributed by atoms with Gasteiger partial charge in [-0.2, -0.15) is 0 Å². The van der Waals surface area contributed by atoms with E-state index in [2.05, 4.69) is 5.10 Å². The maximum Gasteiger partial charge on any atom is 0.508 e. The summed E-state index contributed by atoms with van der Waals surface area (Å²) in [6.45, 7) is 7.27. The number of aliphatic hydroxyl groups is 3. The van der Waals surface area contributed by atoms with E-state index in [0.29, 0.717) is 12.5 Å². The van der Waals surface area contributed by atoms with Crippen LogP contribution in [0.15, 0.2) is 24.3 Å². The monoisotopic (exact) mass is 520 g/mol. The lowest BCUT2D eigenvalue weighted by atomic mass is 9.99. The van der Waals surface area contributed by atoms with Crippen LogP contribution < -0.4 is 9.47 Å². The van der Waals surface area contributed by atoms with Gasteiger partial charge < -0.3 is 39.0 Å². The summed E-state index contributed by atoms with van der Waals surface area (Å²) < 4.78 is 29.0. The van der Waals surface area contributed by atoms with Crippen molar-refractivity contribution in [3.8, 4) is 11.6 Å². The standard InChI is InChI=1S/C26H36N2O9/c1-5-33-26(32)34-13-20-21(29)22(30)23(31)25(36-20)37-24-19(15(4)28(27-24)14(2)3)12-16-6-8-17(9-7-16)35-18-10-11-18/h6-9,14,18,20-23,25,29-31H,5,10-13H2,1-4H3/t20-,21-,22+,23-,25+/m1/s1. The Balaban J connectivity index is 1.52. The number of rotatable bonds is 10. The van der Waals surface area contributed by atoms with Crippen LogP contribution in [0.2, 0.25) is 0 Å². The summed E-state index contributed by atoms with van der Waals surface area (Å²) in [4.78, 5) is 11.6. The van der Waals surface area contributed by atoms with Crippen LogP contribution in [0.5, 0.6) is 11.6 Å². The minimum atomic E-state index is -1.59. The average molecular weight is 521 g/mol. The number of hydrogen-bond acceptors (Lipinski definition) is 10. The van der Waals surface area contributed by atoms with Gasteiger partial charge in [0.2, 0.25) is 12.2 Å². The van der Waals surface area contributed by atoms with Crippen LogP contribution in [-0.4, -0.2) is 81.3 Å². The first-order valence-corrected chi connectivity index (χ1v) is 12.7. The largest absolute Gasteiger partial charge is 0.508 e. The Kier molecular flexibility index (Phi) is 8.58. The second-order valence-electron chi connectivity index (χ2n) is 9.67. The highest BCUT2D eigenvalue weighted by Gasteiger charge is 2.46. The zero-order valence-electron chi connectivity index (χ0n) is 21.6. The van der Waals surface area contributed by atoms with E-state index in [0.717, 1.165) is 35.4 Å². The number of hydrogen-bond donors (Lipinski definition) is 3. The molecular weight excluding hydrogens is 484 g/mol. The van der Waals surface area contributed by atoms with Gasteiger partial charge in [0, 0.05) is 23.7 Å². The van der Waals surface area contributed by atoms with Crippen molar-refractivity contribution in [2.24, 2.45) is 0 Å². The zero-order chi connectivity index (χ0) is 26.7. The van der Waals surface area contributed by atoms with Gasteiger partial charge in [-0.25, -0.2) is 4.79 Å². The maximum absolute atomic E-state index is 11.6. The molecule has 2 heterocycles. The minimum Gasteiger partial charge on any atom is -0.490 e. The van der Waals surface area contributed by atoms with Gasteiger partial charge in [-0.3, -0.25) is 4.68 Å². The molecule has 1 saturated heterocycles. The molecule has 204 valence electrons. The quantitative estimate of drug-likeness (QED) is 0.399. The summed E-state index contributed by atoms with van der Waals surface area (Å²) in [5.41, 5.74) is 2.69. The van der Waals surface area contributed by atoms with Gasteiger partial charge in [0.05, 0.1) is 12.7 Å². The van der Waals surface area contributed by atoms with E-state index in [1.54, 1.807) is 6.92 Å². The third-order valence-electron chi connectivity index (χ3n) is 6.38. The number of benzene rings is 1. The molecule has 11 nitrogen and oxygen atoms in total. The van der Waals surface area contributed by atoms with E-state index in [1.807, 2.05) is 49.7 Å². The van der Waals surface area contributed by atoms with Crippen LogP contribution in [0, 0.1) is 6.92 Å². The second kappa shape index (κ2) is 11.7. The van der Waals surface area contributed by atoms with Gasteiger partial charge in [-0.05, 0) is 58.2 Å². The molecular formula is C26H36N2O9. The third-order valence-corrected chi connectivity index (χ3v) is 6.38. The van der Waals surface area contributed by atoms with E-state index in [1.165, 1.54) is 0 Å². The van der Waals surface area contributed by atoms with Gasteiger partial charge >= 0.3 is 6.16 Å². The average Bonchev–Trinajstić information content (AvgIpc) is 3.63. The molecule has 4 rings (SSSR count). The molecule has 1 aromatic heterocycles. The highest BCUT2D eigenvalue weighted by atomic mass is 16.7. The van der Waals surface area contributed by atoms with Crippen molar-refractivity contribution < 1.29 is 43.8 Å². The van der Waals surface area contributed by atoms with Crippen LogP contribution in [0.1, 0.15) is 56.5 Å². The van der Waals surface area contributed by atoms with E-state index < -0.39 is 43.5 Å². The fourth-order valence-corrected chi connectivity index (χ4v) is 4.17. The Morgan fingerprint density at radius 1 is 1.08 bits per heavy atom. The van der Waals surface area contributed by atoms with Gasteiger partial charge in [0.15, 0.2) is 0 Å². The first-order valence-electron chi connectivity index (χ1n) is 12.7. The van der Waals surface area contributed by atoms with Gasteiger partial charge in [0.1, 0.15) is 36.8 Å². The van der Waals surface area contributed by atoms with Gasteiger partial charge in [0.25, 0.3) is 0 Å². The highest BCUT2D eigenvalue weighted by Crippen LogP contribution is 2.32. The molecule has 0 unspecified atom stereocenters.